The maximum absolute atomic E-state index is 12.5. The zero-order valence-corrected chi connectivity index (χ0v) is 18.2. The molecule has 0 atom stereocenters. The fourth-order valence-corrected chi connectivity index (χ4v) is 3.02. The van der Waals surface area contributed by atoms with Crippen molar-refractivity contribution in [1.82, 2.24) is 5.32 Å². The zero-order chi connectivity index (χ0) is 23.1. The first kappa shape index (κ1) is 22.6. The number of esters is 1. The monoisotopic (exact) mass is 431 g/mol. The molecule has 0 unspecified atom stereocenters. The number of ether oxygens (including phenoxy) is 1. The Balaban J connectivity index is 1.60. The Morgan fingerprint density at radius 3 is 2.25 bits per heavy atom. The van der Waals surface area contributed by atoms with Gasteiger partial charge in [-0.15, -0.1) is 0 Å². The Labute approximate surface area is 187 Å². The highest BCUT2D eigenvalue weighted by molar-refractivity contribution is 6.04. The number of carbonyl (C=O) groups excluding carboxylic acids is 3. The van der Waals surface area contributed by atoms with Gasteiger partial charge in [-0.1, -0.05) is 18.2 Å². The van der Waals surface area contributed by atoms with Crippen LogP contribution in [0.1, 0.15) is 33.2 Å². The Morgan fingerprint density at radius 2 is 1.56 bits per heavy atom. The first-order valence-corrected chi connectivity index (χ1v) is 10.1. The van der Waals surface area contributed by atoms with E-state index in [4.69, 9.17) is 4.74 Å². The van der Waals surface area contributed by atoms with Crippen molar-refractivity contribution in [3.8, 4) is 5.75 Å². The summed E-state index contributed by atoms with van der Waals surface area (Å²) < 4.78 is 5.01. The minimum absolute atomic E-state index is 0.209. The number of nitrogens with one attached hydrogen (secondary N) is 2. The van der Waals surface area contributed by atoms with Gasteiger partial charge in [0.1, 0.15) is 5.75 Å². The highest BCUT2D eigenvalue weighted by atomic mass is 16.5. The van der Waals surface area contributed by atoms with Crippen LogP contribution in [0, 0.1) is 0 Å². The predicted molar refractivity (Wildman–Crippen MR) is 124 cm³/mol. The third-order valence-corrected chi connectivity index (χ3v) is 4.64. The molecule has 164 valence electrons. The molecule has 32 heavy (non-hydrogen) atoms. The fourth-order valence-electron chi connectivity index (χ4n) is 3.02. The molecule has 0 aliphatic heterocycles. The number of rotatable bonds is 7. The van der Waals surface area contributed by atoms with Crippen molar-refractivity contribution in [2.75, 3.05) is 24.3 Å². The molecule has 0 radical (unpaired) electrons. The van der Waals surface area contributed by atoms with E-state index in [1.54, 1.807) is 36.4 Å². The predicted octanol–water partition coefficient (Wildman–Crippen LogP) is 3.86. The number of amides is 2. The van der Waals surface area contributed by atoms with E-state index < -0.39 is 5.97 Å². The van der Waals surface area contributed by atoms with Crippen LogP contribution in [0.4, 0.5) is 11.4 Å². The number of hydrogen-bond acceptors (Lipinski definition) is 5. The smallest absolute Gasteiger partial charge is 0.308 e. The molecule has 7 nitrogen and oxygen atoms in total. The van der Waals surface area contributed by atoms with E-state index in [9.17, 15) is 14.4 Å². The Morgan fingerprint density at radius 1 is 0.844 bits per heavy atom. The van der Waals surface area contributed by atoms with E-state index in [2.05, 4.69) is 10.6 Å². The standard InChI is InChI=1S/C25H25N3O4/c1-17(29)32-23-9-5-7-20(15-23)24(30)26-16-18-6-4-8-21(14-18)27-25(31)19-10-12-22(13-11-19)28(2)3/h4-15H,16H2,1-3H3,(H,26,30)(H,27,31). The average molecular weight is 431 g/mol. The molecule has 0 saturated heterocycles. The summed E-state index contributed by atoms with van der Waals surface area (Å²) in [6.45, 7) is 1.58. The lowest BCUT2D eigenvalue weighted by atomic mass is 10.1. The average Bonchev–Trinajstić information content (AvgIpc) is 2.77. The molecular weight excluding hydrogens is 406 g/mol. The van der Waals surface area contributed by atoms with Crippen LogP contribution < -0.4 is 20.3 Å². The van der Waals surface area contributed by atoms with Gasteiger partial charge in [0.25, 0.3) is 11.8 Å². The van der Waals surface area contributed by atoms with Gasteiger partial charge in [-0.25, -0.2) is 0 Å². The highest BCUT2D eigenvalue weighted by Crippen LogP contribution is 2.16. The van der Waals surface area contributed by atoms with E-state index in [0.29, 0.717) is 22.6 Å². The second-order valence-corrected chi connectivity index (χ2v) is 7.40. The van der Waals surface area contributed by atoms with Crippen LogP contribution in [-0.4, -0.2) is 31.9 Å². The molecule has 3 aromatic carbocycles. The SMILES string of the molecule is CC(=O)Oc1cccc(C(=O)NCc2cccc(NC(=O)c3ccc(N(C)C)cc3)c2)c1. The van der Waals surface area contributed by atoms with Gasteiger partial charge in [0.15, 0.2) is 0 Å². The summed E-state index contributed by atoms with van der Waals surface area (Å²) in [5.74, 6) is -0.642. The molecule has 0 bridgehead atoms. The van der Waals surface area contributed by atoms with Gasteiger partial charge in [0.2, 0.25) is 0 Å². The Bertz CT molecular complexity index is 1120. The van der Waals surface area contributed by atoms with Crippen LogP contribution in [0.3, 0.4) is 0 Å². The molecule has 3 rings (SSSR count). The summed E-state index contributed by atoms with van der Waals surface area (Å²) in [7, 11) is 3.88. The van der Waals surface area contributed by atoms with Crippen LogP contribution in [0.5, 0.6) is 5.75 Å². The maximum Gasteiger partial charge on any atom is 0.308 e. The van der Waals surface area contributed by atoms with Gasteiger partial charge in [-0.3, -0.25) is 14.4 Å². The van der Waals surface area contributed by atoms with Gasteiger partial charge in [-0.2, -0.15) is 0 Å². The van der Waals surface area contributed by atoms with Crippen LogP contribution in [-0.2, 0) is 11.3 Å². The molecule has 0 aromatic heterocycles. The summed E-state index contributed by atoms with van der Waals surface area (Å²) in [5, 5.41) is 5.71. The Hall–Kier alpha value is -4.13. The Kier molecular flexibility index (Phi) is 7.23. The lowest BCUT2D eigenvalue weighted by Gasteiger charge is -2.13. The topological polar surface area (TPSA) is 87.7 Å². The number of hydrogen-bond donors (Lipinski definition) is 2. The lowest BCUT2D eigenvalue weighted by Crippen LogP contribution is -2.23. The van der Waals surface area contributed by atoms with Gasteiger partial charge < -0.3 is 20.3 Å². The summed E-state index contributed by atoms with van der Waals surface area (Å²) in [6, 6.07) is 21.0. The van der Waals surface area contributed by atoms with Gasteiger partial charge in [0.05, 0.1) is 0 Å². The highest BCUT2D eigenvalue weighted by Gasteiger charge is 2.10. The summed E-state index contributed by atoms with van der Waals surface area (Å²) >= 11 is 0. The van der Waals surface area contributed by atoms with Crippen LogP contribution in [0.15, 0.2) is 72.8 Å². The summed E-state index contributed by atoms with van der Waals surface area (Å²) in [4.78, 5) is 38.0. The van der Waals surface area contributed by atoms with E-state index >= 15 is 0 Å². The normalized spacial score (nSPS) is 10.2. The molecule has 0 saturated carbocycles. The van der Waals surface area contributed by atoms with Crippen LogP contribution in [0.25, 0.3) is 0 Å². The van der Waals surface area contributed by atoms with E-state index in [-0.39, 0.29) is 18.4 Å². The first-order valence-electron chi connectivity index (χ1n) is 10.1. The van der Waals surface area contributed by atoms with Crippen molar-refractivity contribution in [2.45, 2.75) is 13.5 Å². The molecule has 0 spiro atoms. The molecule has 0 fully saturated rings. The minimum atomic E-state index is -0.449. The second-order valence-electron chi connectivity index (χ2n) is 7.40. The third-order valence-electron chi connectivity index (χ3n) is 4.64. The summed E-state index contributed by atoms with van der Waals surface area (Å²) in [5.41, 5.74) is 3.42. The third kappa shape index (κ3) is 6.18. The number of nitrogens with zero attached hydrogens (tertiary/aromatic N) is 1. The molecule has 2 N–H and O–H groups in total. The van der Waals surface area contributed by atoms with Gasteiger partial charge >= 0.3 is 5.97 Å². The molecule has 0 aliphatic carbocycles. The minimum Gasteiger partial charge on any atom is -0.427 e. The number of carbonyl (C=O) groups is 3. The van der Waals surface area contributed by atoms with E-state index in [0.717, 1.165) is 11.3 Å². The molecule has 0 aliphatic rings. The van der Waals surface area contributed by atoms with E-state index in [1.807, 2.05) is 49.3 Å². The van der Waals surface area contributed by atoms with Crippen molar-refractivity contribution in [1.29, 1.82) is 0 Å². The number of benzene rings is 3. The molecular formula is C25H25N3O4. The molecule has 7 heteroatoms. The van der Waals surface area contributed by atoms with Gasteiger partial charge in [-0.05, 0) is 60.2 Å². The van der Waals surface area contributed by atoms with Crippen molar-refractivity contribution in [3.05, 3.63) is 89.5 Å². The van der Waals surface area contributed by atoms with Crippen molar-refractivity contribution in [2.24, 2.45) is 0 Å². The molecule has 0 heterocycles. The van der Waals surface area contributed by atoms with Crippen molar-refractivity contribution in [3.63, 3.8) is 0 Å². The first-order chi connectivity index (χ1) is 15.3. The largest absolute Gasteiger partial charge is 0.427 e. The van der Waals surface area contributed by atoms with Crippen LogP contribution in [0.2, 0.25) is 0 Å². The number of anilines is 2. The van der Waals surface area contributed by atoms with Crippen molar-refractivity contribution < 1.29 is 19.1 Å². The maximum atomic E-state index is 12.5. The van der Waals surface area contributed by atoms with Crippen LogP contribution >= 0.6 is 0 Å². The zero-order valence-electron chi connectivity index (χ0n) is 18.2. The van der Waals surface area contributed by atoms with Crippen molar-refractivity contribution >= 4 is 29.2 Å². The molecule has 2 amide bonds. The lowest BCUT2D eigenvalue weighted by molar-refractivity contribution is -0.131. The van der Waals surface area contributed by atoms with Gasteiger partial charge in [0, 0.05) is 50.1 Å². The second kappa shape index (κ2) is 10.3. The fraction of sp³-hybridized carbons (Fsp3) is 0.160. The molecule has 3 aromatic rings. The quantitative estimate of drug-likeness (QED) is 0.438. The summed E-state index contributed by atoms with van der Waals surface area (Å²) in [6.07, 6.45) is 0. The van der Waals surface area contributed by atoms with E-state index in [1.165, 1.54) is 13.0 Å².